The topological polar surface area (TPSA) is 11.4 Å². The van der Waals surface area contributed by atoms with Gasteiger partial charge in [0.15, 0.2) is 0 Å². The van der Waals surface area contributed by atoms with Gasteiger partial charge < -0.3 is 14.4 Å². The molecule has 0 N–H and O–H groups in total. The van der Waals surface area contributed by atoms with Crippen molar-refractivity contribution in [1.29, 1.82) is 0 Å². The van der Waals surface area contributed by atoms with Gasteiger partial charge in [-0.25, -0.2) is 0 Å². The maximum atomic E-state index is 2.49. The molecular weight excluding hydrogens is 943 g/mol. The molecule has 0 saturated heterocycles. The molecule has 0 unspecified atom stereocenters. The third-order valence-corrected chi connectivity index (χ3v) is 16.5. The third-order valence-electron chi connectivity index (χ3n) is 16.5. The third kappa shape index (κ3) is 7.34. The number of fused-ring (bicyclic) bond motifs is 12. The Labute approximate surface area is 454 Å². The van der Waals surface area contributed by atoms with E-state index in [0.717, 1.165) is 45.3 Å². The van der Waals surface area contributed by atoms with Gasteiger partial charge >= 0.3 is 0 Å². The summed E-state index contributed by atoms with van der Waals surface area (Å²) in [6, 6.07) is 105. The summed E-state index contributed by atoms with van der Waals surface area (Å²) < 4.78 is 2.37. The summed E-state index contributed by atoms with van der Waals surface area (Å²) in [5.74, 6) is 0. The Morgan fingerprint density at radius 3 is 1.19 bits per heavy atom. The summed E-state index contributed by atoms with van der Waals surface area (Å²) in [6.07, 6.45) is 0. The summed E-state index contributed by atoms with van der Waals surface area (Å²) in [5, 5.41) is 10.3. The van der Waals surface area contributed by atoms with E-state index in [1.165, 1.54) is 93.2 Å². The van der Waals surface area contributed by atoms with Crippen molar-refractivity contribution in [3.63, 3.8) is 0 Å². The van der Waals surface area contributed by atoms with Gasteiger partial charge in [-0.05, 0) is 192 Å². The predicted octanol–water partition coefficient (Wildman–Crippen LogP) is 20.8. The minimum absolute atomic E-state index is 0.206. The number of rotatable bonds is 9. The molecule has 0 atom stereocenters. The van der Waals surface area contributed by atoms with Crippen LogP contribution in [0.3, 0.4) is 0 Å². The number of aromatic nitrogens is 1. The van der Waals surface area contributed by atoms with Crippen LogP contribution in [0.25, 0.3) is 93.2 Å². The molecule has 13 aromatic carbocycles. The Morgan fingerprint density at radius 1 is 0.256 bits per heavy atom. The highest BCUT2D eigenvalue weighted by Crippen LogP contribution is 2.53. The Morgan fingerprint density at radius 2 is 0.641 bits per heavy atom. The highest BCUT2D eigenvalue weighted by atomic mass is 15.1. The Hall–Kier alpha value is -9.96. The first-order valence-corrected chi connectivity index (χ1v) is 27.1. The van der Waals surface area contributed by atoms with Crippen molar-refractivity contribution in [3.8, 4) is 39.1 Å². The number of para-hydroxylation sites is 4. The number of hydrogen-bond donors (Lipinski definition) is 0. The quantitative estimate of drug-likeness (QED) is 0.134. The van der Waals surface area contributed by atoms with Crippen molar-refractivity contribution in [2.75, 3.05) is 9.80 Å². The number of hydrogen-bond acceptors (Lipinski definition) is 2. The predicted molar refractivity (Wildman–Crippen MR) is 331 cm³/mol. The molecule has 1 aliphatic rings. The van der Waals surface area contributed by atoms with E-state index in [-0.39, 0.29) is 5.41 Å². The van der Waals surface area contributed by atoms with E-state index in [4.69, 9.17) is 0 Å². The molecular formula is C75H53N3. The minimum atomic E-state index is -0.206. The Bertz CT molecular complexity index is 4600. The molecule has 0 saturated carbocycles. The van der Waals surface area contributed by atoms with Gasteiger partial charge in [0.2, 0.25) is 0 Å². The van der Waals surface area contributed by atoms with Gasteiger partial charge in [0.25, 0.3) is 0 Å². The van der Waals surface area contributed by atoms with E-state index < -0.39 is 0 Å². The van der Waals surface area contributed by atoms with Gasteiger partial charge in [0.05, 0.1) is 11.0 Å². The molecule has 0 bridgehead atoms. The SMILES string of the molecule is CC1(C)c2cc(N(c3ccccc3)c3ccc(-c4ccc(N(c5ccccc5)c5ccc(-c6ccc7c(c6)c6ccccc6n7-c6ccccc6)cc5)cc4)cc3)ccc2-c2cc3c4ccccc4c4ccccc4c3cc21. The van der Waals surface area contributed by atoms with E-state index in [2.05, 4.69) is 313 Å². The van der Waals surface area contributed by atoms with E-state index in [1.807, 2.05) is 0 Å². The first kappa shape index (κ1) is 45.4. The van der Waals surface area contributed by atoms with Crippen molar-refractivity contribution in [2.24, 2.45) is 0 Å². The van der Waals surface area contributed by atoms with Crippen LogP contribution in [-0.2, 0) is 5.41 Å². The van der Waals surface area contributed by atoms with Crippen LogP contribution in [0.1, 0.15) is 25.0 Å². The fourth-order valence-corrected chi connectivity index (χ4v) is 12.7. The lowest BCUT2D eigenvalue weighted by Crippen LogP contribution is -2.16. The Kier molecular flexibility index (Phi) is 10.6. The van der Waals surface area contributed by atoms with Gasteiger partial charge in [-0.2, -0.15) is 0 Å². The average Bonchev–Trinajstić information content (AvgIpc) is 4.18. The van der Waals surface area contributed by atoms with E-state index >= 15 is 0 Å². The van der Waals surface area contributed by atoms with E-state index in [1.54, 1.807) is 0 Å². The lowest BCUT2D eigenvalue weighted by Gasteiger charge is -2.28. The maximum absolute atomic E-state index is 2.49. The average molecular weight is 996 g/mol. The van der Waals surface area contributed by atoms with E-state index in [0.29, 0.717) is 0 Å². The van der Waals surface area contributed by atoms with Crippen molar-refractivity contribution < 1.29 is 0 Å². The van der Waals surface area contributed by atoms with Crippen molar-refractivity contribution in [2.45, 2.75) is 19.3 Å². The number of anilines is 6. The molecule has 3 nitrogen and oxygen atoms in total. The second-order valence-corrected chi connectivity index (χ2v) is 21.3. The fourth-order valence-electron chi connectivity index (χ4n) is 12.7. The lowest BCUT2D eigenvalue weighted by atomic mass is 9.81. The van der Waals surface area contributed by atoms with Crippen molar-refractivity contribution in [3.05, 3.63) is 296 Å². The lowest BCUT2D eigenvalue weighted by molar-refractivity contribution is 0.661. The van der Waals surface area contributed by atoms with Crippen LogP contribution in [-0.4, -0.2) is 4.57 Å². The van der Waals surface area contributed by atoms with Crippen LogP contribution in [0.5, 0.6) is 0 Å². The first-order chi connectivity index (χ1) is 38.4. The minimum Gasteiger partial charge on any atom is -0.311 e. The Balaban J connectivity index is 0.738. The zero-order valence-electron chi connectivity index (χ0n) is 43.5. The van der Waals surface area contributed by atoms with Crippen LogP contribution >= 0.6 is 0 Å². The van der Waals surface area contributed by atoms with Crippen molar-refractivity contribution >= 4 is 88.2 Å². The molecule has 0 radical (unpaired) electrons. The van der Waals surface area contributed by atoms with Crippen molar-refractivity contribution in [1.82, 2.24) is 4.57 Å². The highest BCUT2D eigenvalue weighted by molar-refractivity contribution is 6.26. The van der Waals surface area contributed by atoms with Gasteiger partial charge in [-0.3, -0.25) is 0 Å². The summed E-state index contributed by atoms with van der Waals surface area (Å²) in [5.41, 5.74) is 20.1. The number of benzene rings is 13. The molecule has 0 aliphatic heterocycles. The number of nitrogens with zero attached hydrogens (tertiary/aromatic N) is 3. The maximum Gasteiger partial charge on any atom is 0.0541 e. The molecule has 3 heteroatoms. The molecule has 15 rings (SSSR count). The van der Waals surface area contributed by atoms with Crippen LogP contribution in [0.4, 0.5) is 34.1 Å². The molecule has 1 heterocycles. The largest absolute Gasteiger partial charge is 0.311 e. The van der Waals surface area contributed by atoms with Gasteiger partial charge in [-0.15, -0.1) is 0 Å². The van der Waals surface area contributed by atoms with Gasteiger partial charge in [0, 0.05) is 56.0 Å². The van der Waals surface area contributed by atoms with Crippen LogP contribution in [0.15, 0.2) is 285 Å². The van der Waals surface area contributed by atoms with Gasteiger partial charge in [0.1, 0.15) is 0 Å². The molecule has 78 heavy (non-hydrogen) atoms. The molecule has 1 aromatic heterocycles. The zero-order chi connectivity index (χ0) is 51.9. The van der Waals surface area contributed by atoms with Crippen LogP contribution in [0, 0.1) is 0 Å². The second kappa shape index (κ2) is 18.1. The molecule has 1 aliphatic carbocycles. The molecule has 368 valence electrons. The first-order valence-electron chi connectivity index (χ1n) is 27.1. The highest BCUT2D eigenvalue weighted by Gasteiger charge is 2.37. The summed E-state index contributed by atoms with van der Waals surface area (Å²) in [7, 11) is 0. The van der Waals surface area contributed by atoms with Crippen LogP contribution < -0.4 is 9.80 Å². The van der Waals surface area contributed by atoms with E-state index in [9.17, 15) is 0 Å². The molecule has 0 amide bonds. The molecule has 0 spiro atoms. The second-order valence-electron chi connectivity index (χ2n) is 21.3. The standard InChI is InChI=1S/C75H53N3/c1-75(2)71-47-60(43-44-65(71)69-48-67-63-26-14-12-24-61(63)62-25-13-15-27-64(62)68(67)49-72(69)75)77(55-20-8-4-9-21-55)59-39-32-51(33-40-59)50-30-37-57(38-31-50)76(54-18-6-3-7-19-54)58-41-34-52(35-42-58)53-36-45-74-70(46-53)66-28-16-17-29-73(66)78(74)56-22-10-5-11-23-56/h3-49H,1-2H3. The zero-order valence-corrected chi connectivity index (χ0v) is 43.5. The summed E-state index contributed by atoms with van der Waals surface area (Å²) >= 11 is 0. The summed E-state index contributed by atoms with van der Waals surface area (Å²) in [6.45, 7) is 4.79. The monoisotopic (exact) mass is 995 g/mol. The smallest absolute Gasteiger partial charge is 0.0541 e. The fraction of sp³-hybridized carbons (Fsp3) is 0.0400. The van der Waals surface area contributed by atoms with Gasteiger partial charge in [-0.1, -0.05) is 184 Å². The van der Waals surface area contributed by atoms with Crippen LogP contribution in [0.2, 0.25) is 0 Å². The normalized spacial score (nSPS) is 12.6. The molecule has 14 aromatic rings. The summed E-state index contributed by atoms with van der Waals surface area (Å²) in [4.78, 5) is 4.74. The molecule has 0 fully saturated rings.